The molecule has 33 heavy (non-hydrogen) atoms. The number of rotatable bonds is 11. The van der Waals surface area contributed by atoms with Gasteiger partial charge >= 0.3 is 5.97 Å². The Balaban J connectivity index is 1.72. The number of methoxy groups -OCH3 is 3. The molecule has 6 heteroatoms. The molecule has 2 bridgehead atoms. The van der Waals surface area contributed by atoms with Crippen molar-refractivity contribution in [3.63, 3.8) is 0 Å². The van der Waals surface area contributed by atoms with Gasteiger partial charge in [-0.3, -0.25) is 4.79 Å². The van der Waals surface area contributed by atoms with E-state index in [1.807, 2.05) is 48.5 Å². The summed E-state index contributed by atoms with van der Waals surface area (Å²) in [4.78, 5) is 13.4. The molecule has 4 rings (SSSR count). The first-order chi connectivity index (χ1) is 16.2. The summed E-state index contributed by atoms with van der Waals surface area (Å²) in [6.07, 6.45) is 4.92. The molecule has 0 heterocycles. The number of hydrogen-bond acceptors (Lipinski definition) is 6. The lowest BCUT2D eigenvalue weighted by molar-refractivity contribution is -0.166. The lowest BCUT2D eigenvalue weighted by Gasteiger charge is -2.31. The van der Waals surface area contributed by atoms with Crippen LogP contribution in [0.4, 0.5) is 0 Å². The average molecular weight is 453 g/mol. The van der Waals surface area contributed by atoms with E-state index < -0.39 is 12.2 Å². The van der Waals surface area contributed by atoms with Crippen LogP contribution in [0.2, 0.25) is 0 Å². The van der Waals surface area contributed by atoms with Gasteiger partial charge in [-0.05, 0) is 36.8 Å². The number of ether oxygens (including phenoxy) is 5. The number of para-hydroxylation sites is 2. The molecule has 0 radical (unpaired) electrons. The molecule has 0 N–H and O–H groups in total. The maximum Gasteiger partial charge on any atom is 0.310 e. The van der Waals surface area contributed by atoms with E-state index in [4.69, 9.17) is 23.7 Å². The van der Waals surface area contributed by atoms with Gasteiger partial charge in [0.25, 0.3) is 0 Å². The second kappa shape index (κ2) is 10.9. The molecule has 2 aliphatic carbocycles. The highest BCUT2D eigenvalue weighted by molar-refractivity contribution is 5.74. The molecule has 1 fully saturated rings. The summed E-state index contributed by atoms with van der Waals surface area (Å²) < 4.78 is 29.1. The fraction of sp³-hybridized carbons (Fsp3) is 0.444. The van der Waals surface area contributed by atoms with Crippen molar-refractivity contribution in [2.75, 3.05) is 34.5 Å². The summed E-state index contributed by atoms with van der Waals surface area (Å²) in [6, 6.07) is 15.2. The first kappa shape index (κ1) is 23.3. The van der Waals surface area contributed by atoms with Crippen LogP contribution in [-0.2, 0) is 19.0 Å². The van der Waals surface area contributed by atoms with Crippen LogP contribution in [0, 0.1) is 17.8 Å². The van der Waals surface area contributed by atoms with Crippen molar-refractivity contribution < 1.29 is 28.5 Å². The number of esters is 1. The first-order valence-electron chi connectivity index (χ1n) is 11.4. The van der Waals surface area contributed by atoms with Crippen LogP contribution in [0.15, 0.2) is 60.7 Å². The van der Waals surface area contributed by atoms with Crippen molar-refractivity contribution in [2.45, 2.75) is 25.0 Å². The summed E-state index contributed by atoms with van der Waals surface area (Å²) in [5.74, 6) is 1.70. The Labute approximate surface area is 195 Å². The molecule has 0 aliphatic heterocycles. The van der Waals surface area contributed by atoms with Crippen LogP contribution in [0.5, 0.6) is 11.5 Å². The van der Waals surface area contributed by atoms with Crippen molar-refractivity contribution >= 4 is 5.97 Å². The predicted octanol–water partition coefficient (Wildman–Crippen LogP) is 4.90. The summed E-state index contributed by atoms with van der Waals surface area (Å²) in [6.45, 7) is 0.745. The summed E-state index contributed by atoms with van der Waals surface area (Å²) in [5.41, 5.74) is 1.55. The van der Waals surface area contributed by atoms with Gasteiger partial charge in [-0.2, -0.15) is 0 Å². The van der Waals surface area contributed by atoms with Crippen molar-refractivity contribution in [1.82, 2.24) is 0 Å². The number of benzene rings is 2. The van der Waals surface area contributed by atoms with Gasteiger partial charge in [-0.25, -0.2) is 0 Å². The monoisotopic (exact) mass is 452 g/mol. The Morgan fingerprint density at radius 2 is 1.48 bits per heavy atom. The highest BCUT2D eigenvalue weighted by Gasteiger charge is 2.43. The molecule has 0 aromatic heterocycles. The van der Waals surface area contributed by atoms with E-state index in [9.17, 15) is 4.79 Å². The molecule has 5 atom stereocenters. The smallest absolute Gasteiger partial charge is 0.310 e. The van der Waals surface area contributed by atoms with E-state index in [1.165, 1.54) is 0 Å². The molecule has 0 saturated heterocycles. The molecular weight excluding hydrogens is 420 g/mol. The van der Waals surface area contributed by atoms with Crippen LogP contribution in [-0.4, -0.2) is 40.5 Å². The Bertz CT molecular complexity index is 971. The minimum Gasteiger partial charge on any atom is -0.496 e. The number of hydrogen-bond donors (Lipinski definition) is 0. The quantitative estimate of drug-likeness (QED) is 0.274. The van der Waals surface area contributed by atoms with Gasteiger partial charge in [0.2, 0.25) is 0 Å². The Morgan fingerprint density at radius 3 is 2.03 bits per heavy atom. The lowest BCUT2D eigenvalue weighted by Crippen LogP contribution is -2.28. The average Bonchev–Trinajstić information content (AvgIpc) is 3.50. The van der Waals surface area contributed by atoms with Crippen LogP contribution in [0.25, 0.3) is 0 Å². The van der Waals surface area contributed by atoms with Crippen molar-refractivity contribution in [3.8, 4) is 11.5 Å². The largest absolute Gasteiger partial charge is 0.496 e. The highest BCUT2D eigenvalue weighted by atomic mass is 16.6. The van der Waals surface area contributed by atoms with E-state index in [0.29, 0.717) is 30.6 Å². The van der Waals surface area contributed by atoms with Gasteiger partial charge in [0.15, 0.2) is 6.10 Å². The molecule has 2 aliphatic rings. The first-order valence-corrected chi connectivity index (χ1v) is 11.4. The number of carbonyl (C=O) groups excluding carboxylic acids is 1. The van der Waals surface area contributed by atoms with E-state index >= 15 is 0 Å². The Hall–Kier alpha value is -2.83. The summed E-state index contributed by atoms with van der Waals surface area (Å²) >= 11 is 0. The van der Waals surface area contributed by atoms with Gasteiger partial charge in [0, 0.05) is 18.2 Å². The van der Waals surface area contributed by atoms with Crippen molar-refractivity contribution in [1.29, 1.82) is 0 Å². The van der Waals surface area contributed by atoms with Crippen molar-refractivity contribution in [3.05, 3.63) is 71.8 Å². The zero-order valence-electron chi connectivity index (χ0n) is 19.4. The summed E-state index contributed by atoms with van der Waals surface area (Å²) in [5, 5.41) is 0. The Morgan fingerprint density at radius 1 is 0.848 bits per heavy atom. The topological polar surface area (TPSA) is 63.2 Å². The number of carbonyl (C=O) groups is 1. The van der Waals surface area contributed by atoms with Crippen LogP contribution in [0.3, 0.4) is 0 Å². The van der Waals surface area contributed by atoms with Crippen LogP contribution >= 0.6 is 0 Å². The van der Waals surface area contributed by atoms with Gasteiger partial charge in [-0.15, -0.1) is 0 Å². The van der Waals surface area contributed by atoms with Crippen LogP contribution in [0.1, 0.15) is 36.2 Å². The normalized spacial score (nSPS) is 22.7. The molecular formula is C27H32O6. The molecule has 6 nitrogen and oxygen atoms in total. The second-order valence-corrected chi connectivity index (χ2v) is 8.51. The van der Waals surface area contributed by atoms with Gasteiger partial charge in [-0.1, -0.05) is 48.6 Å². The highest BCUT2D eigenvalue weighted by Crippen LogP contribution is 2.47. The van der Waals surface area contributed by atoms with E-state index in [-0.39, 0.29) is 17.8 Å². The van der Waals surface area contributed by atoms with E-state index in [1.54, 1.807) is 21.3 Å². The van der Waals surface area contributed by atoms with Gasteiger partial charge < -0.3 is 23.7 Å². The number of allylic oxidation sites excluding steroid dienone is 2. The molecule has 1 saturated carbocycles. The Kier molecular flexibility index (Phi) is 7.68. The van der Waals surface area contributed by atoms with E-state index in [0.717, 1.165) is 24.0 Å². The van der Waals surface area contributed by atoms with Crippen LogP contribution < -0.4 is 9.47 Å². The zero-order chi connectivity index (χ0) is 23.2. The van der Waals surface area contributed by atoms with Gasteiger partial charge in [0.05, 0.1) is 33.4 Å². The minimum atomic E-state index is -0.718. The molecule has 2 aromatic rings. The SMILES string of the molecule is COCCO[C@@H](c1ccccc1OC)[C@H](OC(=O)C1CC2C=CC1C2)c1ccccc1OC. The summed E-state index contributed by atoms with van der Waals surface area (Å²) in [7, 11) is 4.86. The van der Waals surface area contributed by atoms with E-state index in [2.05, 4.69) is 12.2 Å². The molecule has 2 aromatic carbocycles. The molecule has 0 amide bonds. The van der Waals surface area contributed by atoms with Gasteiger partial charge in [0.1, 0.15) is 17.6 Å². The maximum absolute atomic E-state index is 13.4. The standard InChI is InChI=1S/C27H32O6/c1-29-14-15-32-25(20-8-4-6-10-23(20)30-2)26(21-9-5-7-11-24(21)31-3)33-27(28)22-17-18-12-13-19(22)16-18/h4-13,18-19,22,25-26H,14-17H2,1-3H3/t18?,19?,22?,25-,26+/m0/s1. The fourth-order valence-electron chi connectivity index (χ4n) is 4.95. The maximum atomic E-state index is 13.4. The number of fused-ring (bicyclic) bond motifs is 2. The zero-order valence-corrected chi connectivity index (χ0v) is 19.4. The third-order valence-corrected chi connectivity index (χ3v) is 6.58. The predicted molar refractivity (Wildman–Crippen MR) is 124 cm³/mol. The second-order valence-electron chi connectivity index (χ2n) is 8.51. The third-order valence-electron chi connectivity index (χ3n) is 6.58. The fourth-order valence-corrected chi connectivity index (χ4v) is 4.95. The molecule has 3 unspecified atom stereocenters. The lowest BCUT2D eigenvalue weighted by atomic mass is 9.92. The minimum absolute atomic E-state index is 0.130. The molecule has 0 spiro atoms. The van der Waals surface area contributed by atoms with Crippen molar-refractivity contribution in [2.24, 2.45) is 17.8 Å². The third kappa shape index (κ3) is 5.07. The molecule has 176 valence electrons.